The highest BCUT2D eigenvalue weighted by Gasteiger charge is 2.43. The average Bonchev–Trinajstić information content (AvgIpc) is 2.55. The Hall–Kier alpha value is -2.07. The fraction of sp³-hybridized carbons (Fsp3) is 0.222. The first-order valence-corrected chi connectivity index (χ1v) is 7.92. The number of carbonyl (C=O) groups is 2. The van der Waals surface area contributed by atoms with Crippen LogP contribution in [0.4, 0.5) is 0 Å². The molecule has 3 nitrogen and oxygen atoms in total. The van der Waals surface area contributed by atoms with E-state index in [-0.39, 0.29) is 12.2 Å². The average molecular weight is 314 g/mol. The van der Waals surface area contributed by atoms with Crippen LogP contribution in [0.15, 0.2) is 65.6 Å². The number of rotatable bonds is 6. The maximum atomic E-state index is 12.6. The second kappa shape index (κ2) is 7.27. The van der Waals surface area contributed by atoms with Gasteiger partial charge in [0.05, 0.1) is 0 Å². The highest BCUT2D eigenvalue weighted by Crippen LogP contribution is 2.35. The monoisotopic (exact) mass is 314 g/mol. The summed E-state index contributed by atoms with van der Waals surface area (Å²) in [4.78, 5) is 25.8. The number of esters is 1. The van der Waals surface area contributed by atoms with E-state index in [0.29, 0.717) is 5.75 Å². The van der Waals surface area contributed by atoms with Gasteiger partial charge in [0.1, 0.15) is 5.75 Å². The first-order chi connectivity index (χ1) is 10.6. The van der Waals surface area contributed by atoms with Gasteiger partial charge < -0.3 is 4.74 Å². The third kappa shape index (κ3) is 3.77. The zero-order valence-corrected chi connectivity index (χ0v) is 13.4. The number of hydrogen-bond donors (Lipinski definition) is 0. The van der Waals surface area contributed by atoms with E-state index in [4.69, 9.17) is 4.74 Å². The van der Waals surface area contributed by atoms with Gasteiger partial charge in [-0.05, 0) is 31.2 Å². The van der Waals surface area contributed by atoms with Crippen LogP contribution in [-0.2, 0) is 9.59 Å². The fourth-order valence-electron chi connectivity index (χ4n) is 1.97. The van der Waals surface area contributed by atoms with E-state index in [1.165, 1.54) is 11.8 Å². The van der Waals surface area contributed by atoms with Crippen molar-refractivity contribution in [3.63, 3.8) is 0 Å². The Morgan fingerprint density at radius 1 is 1.00 bits per heavy atom. The van der Waals surface area contributed by atoms with E-state index in [2.05, 4.69) is 0 Å². The van der Waals surface area contributed by atoms with Gasteiger partial charge in [-0.1, -0.05) is 55.1 Å². The van der Waals surface area contributed by atoms with E-state index in [9.17, 15) is 9.59 Å². The Bertz CT molecular complexity index is 640. The quantitative estimate of drug-likeness (QED) is 0.348. The number of carbonyl (C=O) groups excluding carboxylic acids is 2. The lowest BCUT2D eigenvalue weighted by Crippen LogP contribution is -2.43. The smallest absolute Gasteiger partial charge is 0.335 e. The van der Waals surface area contributed by atoms with Crippen molar-refractivity contribution in [3.05, 3.63) is 60.7 Å². The van der Waals surface area contributed by atoms with Gasteiger partial charge in [-0.25, -0.2) is 4.79 Å². The summed E-state index contributed by atoms with van der Waals surface area (Å²) >= 11 is 1.23. The molecule has 0 aliphatic heterocycles. The van der Waals surface area contributed by atoms with Crippen molar-refractivity contribution in [2.24, 2.45) is 0 Å². The molecule has 0 spiro atoms. The van der Waals surface area contributed by atoms with Gasteiger partial charge in [-0.2, -0.15) is 0 Å². The summed E-state index contributed by atoms with van der Waals surface area (Å²) in [5.41, 5.74) is 0. The molecule has 1 unspecified atom stereocenters. The highest BCUT2D eigenvalue weighted by molar-refractivity contribution is 8.02. The number of para-hydroxylation sites is 1. The van der Waals surface area contributed by atoms with Crippen molar-refractivity contribution in [1.29, 1.82) is 0 Å². The lowest BCUT2D eigenvalue weighted by molar-refractivity contribution is -0.141. The highest BCUT2D eigenvalue weighted by atomic mass is 32.2. The molecule has 0 amide bonds. The van der Waals surface area contributed by atoms with Crippen LogP contribution in [0.2, 0.25) is 0 Å². The number of hydrogen-bond acceptors (Lipinski definition) is 4. The van der Waals surface area contributed by atoms with Gasteiger partial charge in [0.2, 0.25) is 0 Å². The summed E-state index contributed by atoms with van der Waals surface area (Å²) in [6, 6.07) is 18.2. The fourth-order valence-corrected chi connectivity index (χ4v) is 3.11. The predicted molar refractivity (Wildman–Crippen MR) is 88.1 cm³/mol. The van der Waals surface area contributed by atoms with Crippen LogP contribution in [0.1, 0.15) is 20.3 Å². The summed E-state index contributed by atoms with van der Waals surface area (Å²) in [5, 5.41) is 0. The van der Waals surface area contributed by atoms with Gasteiger partial charge in [0.25, 0.3) is 0 Å². The second-order valence-electron chi connectivity index (χ2n) is 4.93. The van der Waals surface area contributed by atoms with E-state index >= 15 is 0 Å². The van der Waals surface area contributed by atoms with E-state index in [0.717, 1.165) is 4.90 Å². The predicted octanol–water partition coefficient (Wildman–Crippen LogP) is 4.12. The van der Waals surface area contributed by atoms with Crippen LogP contribution in [0.5, 0.6) is 5.75 Å². The Balaban J connectivity index is 2.25. The molecule has 22 heavy (non-hydrogen) atoms. The summed E-state index contributed by atoms with van der Waals surface area (Å²) in [6.07, 6.45) is 0.278. The summed E-state index contributed by atoms with van der Waals surface area (Å²) in [6.45, 7) is 3.38. The van der Waals surface area contributed by atoms with Crippen LogP contribution < -0.4 is 4.74 Å². The van der Waals surface area contributed by atoms with Crippen molar-refractivity contribution in [2.45, 2.75) is 29.9 Å². The molecule has 0 bridgehead atoms. The first kappa shape index (κ1) is 16.3. The third-order valence-corrected chi connectivity index (χ3v) is 4.57. The van der Waals surface area contributed by atoms with Gasteiger partial charge in [-0.15, -0.1) is 0 Å². The number of benzene rings is 2. The first-order valence-electron chi connectivity index (χ1n) is 7.11. The van der Waals surface area contributed by atoms with Crippen molar-refractivity contribution < 1.29 is 14.3 Å². The lowest BCUT2D eigenvalue weighted by Gasteiger charge is -2.24. The maximum absolute atomic E-state index is 12.6. The molecule has 0 aliphatic rings. The van der Waals surface area contributed by atoms with Crippen molar-refractivity contribution in [1.82, 2.24) is 0 Å². The van der Waals surface area contributed by atoms with Crippen LogP contribution >= 0.6 is 11.8 Å². The Morgan fingerprint density at radius 3 is 2.09 bits per heavy atom. The third-order valence-electron chi connectivity index (χ3n) is 3.26. The van der Waals surface area contributed by atoms with Gasteiger partial charge >= 0.3 is 5.97 Å². The van der Waals surface area contributed by atoms with Crippen LogP contribution in [-0.4, -0.2) is 16.5 Å². The molecule has 114 valence electrons. The normalized spacial score (nSPS) is 13.2. The topological polar surface area (TPSA) is 43.4 Å². The molecule has 0 fully saturated rings. The van der Waals surface area contributed by atoms with Gasteiger partial charge in [-0.3, -0.25) is 4.79 Å². The summed E-state index contributed by atoms with van der Waals surface area (Å²) < 4.78 is 4.14. The number of thioether (sulfide) groups is 1. The Kier molecular flexibility index (Phi) is 5.39. The largest absolute Gasteiger partial charge is 0.425 e. The molecule has 0 heterocycles. The molecule has 0 aliphatic carbocycles. The standard InChI is InChI=1S/C18H18O3S/c1-3-16(19)18(2,22-15-12-8-5-9-13-15)17(20)21-14-10-6-4-7-11-14/h4-13H,3H2,1-2H3. The second-order valence-corrected chi connectivity index (χ2v) is 6.42. The molecule has 2 aromatic carbocycles. The minimum Gasteiger partial charge on any atom is -0.425 e. The molecular formula is C18H18O3S. The molecule has 1 atom stereocenters. The minimum atomic E-state index is -1.26. The summed E-state index contributed by atoms with van der Waals surface area (Å²) in [5.74, 6) is -0.252. The van der Waals surface area contributed by atoms with Gasteiger partial charge in [0, 0.05) is 11.3 Å². The molecule has 0 saturated carbocycles. The molecular weight excluding hydrogens is 296 g/mol. The molecule has 0 N–H and O–H groups in total. The van der Waals surface area contributed by atoms with E-state index in [1.807, 2.05) is 36.4 Å². The van der Waals surface area contributed by atoms with Crippen molar-refractivity contribution >= 4 is 23.5 Å². The minimum absolute atomic E-state index is 0.151. The van der Waals surface area contributed by atoms with Crippen LogP contribution in [0.3, 0.4) is 0 Å². The van der Waals surface area contributed by atoms with Crippen molar-refractivity contribution in [3.8, 4) is 5.75 Å². The Labute approximate surface area is 134 Å². The molecule has 0 aromatic heterocycles. The maximum Gasteiger partial charge on any atom is 0.335 e. The number of Topliss-reactive ketones (excluding diaryl/α,β-unsaturated/α-hetero) is 1. The lowest BCUT2D eigenvalue weighted by atomic mass is 10.0. The van der Waals surface area contributed by atoms with Crippen LogP contribution in [0.25, 0.3) is 0 Å². The number of ketones is 1. The van der Waals surface area contributed by atoms with Gasteiger partial charge in [0.15, 0.2) is 10.5 Å². The molecule has 4 heteroatoms. The zero-order valence-electron chi connectivity index (χ0n) is 12.6. The molecule has 0 radical (unpaired) electrons. The summed E-state index contributed by atoms with van der Waals surface area (Å²) in [7, 11) is 0. The van der Waals surface area contributed by atoms with E-state index < -0.39 is 10.7 Å². The van der Waals surface area contributed by atoms with Crippen LogP contribution in [0, 0.1) is 0 Å². The number of ether oxygens (including phenoxy) is 1. The zero-order chi connectivity index (χ0) is 16.0. The molecule has 2 rings (SSSR count). The SMILES string of the molecule is CCC(=O)C(C)(Sc1ccccc1)C(=O)Oc1ccccc1. The van der Waals surface area contributed by atoms with E-state index in [1.54, 1.807) is 38.1 Å². The van der Waals surface area contributed by atoms with Crippen molar-refractivity contribution in [2.75, 3.05) is 0 Å². The molecule has 0 saturated heterocycles. The molecule has 2 aromatic rings. The Morgan fingerprint density at radius 2 is 1.55 bits per heavy atom.